The minimum Gasteiger partial charge on any atom is -0.399 e. The third-order valence-corrected chi connectivity index (χ3v) is 5.63. The standard InChI is InChI=1S/C19H22BNO2S/c1-14(17-21-11-12-24-17)9-10-15-7-6-8-16(13-15)20-22-18(2,3)19(4,5)23-20/h6-8,11-14H,1-5H3. The van der Waals surface area contributed by atoms with Crippen LogP contribution in [0.4, 0.5) is 0 Å². The van der Waals surface area contributed by atoms with Crippen LogP contribution in [0.3, 0.4) is 0 Å². The van der Waals surface area contributed by atoms with Gasteiger partial charge in [-0.3, -0.25) is 0 Å². The van der Waals surface area contributed by atoms with E-state index in [2.05, 4.69) is 51.4 Å². The van der Waals surface area contributed by atoms with E-state index in [9.17, 15) is 0 Å². The maximum absolute atomic E-state index is 6.11. The van der Waals surface area contributed by atoms with E-state index in [0.717, 1.165) is 16.0 Å². The third-order valence-electron chi connectivity index (χ3n) is 4.67. The summed E-state index contributed by atoms with van der Waals surface area (Å²) in [6, 6.07) is 8.08. The van der Waals surface area contributed by atoms with Gasteiger partial charge in [0.05, 0.1) is 17.1 Å². The van der Waals surface area contributed by atoms with Crippen molar-refractivity contribution in [3.8, 4) is 11.8 Å². The Morgan fingerprint density at radius 2 is 1.88 bits per heavy atom. The molecule has 1 aliphatic heterocycles. The minimum absolute atomic E-state index is 0.130. The van der Waals surface area contributed by atoms with Crippen molar-refractivity contribution in [2.45, 2.75) is 51.7 Å². The van der Waals surface area contributed by atoms with Crippen LogP contribution in [0.25, 0.3) is 0 Å². The Bertz CT molecular complexity index is 758. The number of thiazole rings is 1. The topological polar surface area (TPSA) is 31.4 Å². The van der Waals surface area contributed by atoms with E-state index >= 15 is 0 Å². The van der Waals surface area contributed by atoms with Crippen molar-refractivity contribution in [3.63, 3.8) is 0 Å². The van der Waals surface area contributed by atoms with Gasteiger partial charge in [-0.25, -0.2) is 4.98 Å². The van der Waals surface area contributed by atoms with Crippen molar-refractivity contribution < 1.29 is 9.31 Å². The summed E-state index contributed by atoms with van der Waals surface area (Å²) in [7, 11) is -0.354. The Labute approximate surface area is 148 Å². The molecule has 3 nitrogen and oxygen atoms in total. The van der Waals surface area contributed by atoms with Gasteiger partial charge in [0.2, 0.25) is 0 Å². The Hall–Kier alpha value is -1.61. The zero-order chi connectivity index (χ0) is 17.4. The van der Waals surface area contributed by atoms with Crippen LogP contribution >= 0.6 is 11.3 Å². The molecule has 1 unspecified atom stereocenters. The van der Waals surface area contributed by atoms with Gasteiger partial charge in [-0.15, -0.1) is 11.3 Å². The van der Waals surface area contributed by atoms with Crippen molar-refractivity contribution in [3.05, 3.63) is 46.4 Å². The van der Waals surface area contributed by atoms with Crippen LogP contribution in [-0.2, 0) is 9.31 Å². The van der Waals surface area contributed by atoms with Gasteiger partial charge < -0.3 is 9.31 Å². The lowest BCUT2D eigenvalue weighted by Crippen LogP contribution is -2.41. The van der Waals surface area contributed by atoms with E-state index in [1.807, 2.05) is 35.8 Å². The highest BCUT2D eigenvalue weighted by molar-refractivity contribution is 7.09. The van der Waals surface area contributed by atoms with E-state index in [1.54, 1.807) is 11.3 Å². The first-order valence-electron chi connectivity index (χ1n) is 8.15. The van der Waals surface area contributed by atoms with Crippen LogP contribution in [0.15, 0.2) is 35.8 Å². The summed E-state index contributed by atoms with van der Waals surface area (Å²) in [5.74, 6) is 6.64. The van der Waals surface area contributed by atoms with Gasteiger partial charge in [0, 0.05) is 17.1 Å². The smallest absolute Gasteiger partial charge is 0.399 e. The molecule has 1 fully saturated rings. The van der Waals surface area contributed by atoms with Gasteiger partial charge in [-0.2, -0.15) is 0 Å². The monoisotopic (exact) mass is 339 g/mol. The second kappa shape index (κ2) is 6.36. The van der Waals surface area contributed by atoms with Crippen molar-refractivity contribution in [1.29, 1.82) is 0 Å². The molecule has 0 saturated carbocycles. The van der Waals surface area contributed by atoms with Crippen molar-refractivity contribution in [2.75, 3.05) is 0 Å². The molecular formula is C19H22BNO2S. The fourth-order valence-electron chi connectivity index (χ4n) is 2.44. The van der Waals surface area contributed by atoms with Crippen LogP contribution in [0.5, 0.6) is 0 Å². The molecule has 2 aromatic rings. The van der Waals surface area contributed by atoms with Crippen LogP contribution < -0.4 is 5.46 Å². The molecule has 0 amide bonds. The summed E-state index contributed by atoms with van der Waals surface area (Å²) in [4.78, 5) is 4.32. The first-order chi connectivity index (χ1) is 11.3. The average Bonchev–Trinajstić information content (AvgIpc) is 3.12. The van der Waals surface area contributed by atoms with E-state index in [4.69, 9.17) is 9.31 Å². The Balaban J connectivity index is 1.79. The molecule has 0 radical (unpaired) electrons. The Morgan fingerprint density at radius 3 is 2.50 bits per heavy atom. The van der Waals surface area contributed by atoms with Gasteiger partial charge in [-0.1, -0.05) is 24.0 Å². The van der Waals surface area contributed by atoms with Crippen LogP contribution in [-0.4, -0.2) is 23.3 Å². The summed E-state index contributed by atoms with van der Waals surface area (Å²) < 4.78 is 12.2. The van der Waals surface area contributed by atoms with Crippen molar-refractivity contribution in [1.82, 2.24) is 4.98 Å². The maximum atomic E-state index is 6.11. The molecule has 3 rings (SSSR count). The second-order valence-corrected chi connectivity index (χ2v) is 8.00. The summed E-state index contributed by atoms with van der Waals surface area (Å²) in [5, 5.41) is 3.02. The molecule has 1 aromatic carbocycles. The Kier molecular flexibility index (Phi) is 4.57. The highest BCUT2D eigenvalue weighted by Gasteiger charge is 2.51. The number of hydrogen-bond acceptors (Lipinski definition) is 4. The van der Waals surface area contributed by atoms with E-state index < -0.39 is 0 Å². The molecule has 0 spiro atoms. The third kappa shape index (κ3) is 3.42. The van der Waals surface area contributed by atoms with Crippen molar-refractivity contribution in [2.24, 2.45) is 0 Å². The summed E-state index contributed by atoms with van der Waals surface area (Å²) >= 11 is 1.64. The first-order valence-corrected chi connectivity index (χ1v) is 9.03. The summed E-state index contributed by atoms with van der Waals surface area (Å²) in [6.45, 7) is 10.3. The molecule has 0 N–H and O–H groups in total. The number of hydrogen-bond donors (Lipinski definition) is 0. The minimum atomic E-state index is -0.354. The lowest BCUT2D eigenvalue weighted by atomic mass is 9.78. The van der Waals surface area contributed by atoms with E-state index in [-0.39, 0.29) is 24.2 Å². The summed E-state index contributed by atoms with van der Waals surface area (Å²) in [6.07, 6.45) is 1.82. The van der Waals surface area contributed by atoms with E-state index in [0.29, 0.717) is 0 Å². The molecule has 2 heterocycles. The molecule has 0 aliphatic carbocycles. The molecule has 1 aromatic heterocycles. The molecule has 24 heavy (non-hydrogen) atoms. The number of benzene rings is 1. The highest BCUT2D eigenvalue weighted by atomic mass is 32.1. The maximum Gasteiger partial charge on any atom is 0.494 e. The lowest BCUT2D eigenvalue weighted by molar-refractivity contribution is 0.00578. The number of aromatic nitrogens is 1. The predicted octanol–water partition coefficient (Wildman–Crippen LogP) is 3.60. The fraction of sp³-hybridized carbons (Fsp3) is 0.421. The van der Waals surface area contributed by atoms with Crippen molar-refractivity contribution >= 4 is 23.9 Å². The summed E-state index contributed by atoms with van der Waals surface area (Å²) in [5.41, 5.74) is 1.30. The molecule has 1 aliphatic rings. The van der Waals surface area contributed by atoms with Crippen LogP contribution in [0, 0.1) is 11.8 Å². The first kappa shape index (κ1) is 17.2. The molecule has 124 valence electrons. The SMILES string of the molecule is CC(C#Cc1cccc(B2OC(C)(C)C(C)(C)O2)c1)c1nccs1. The normalized spacial score (nSPS) is 19.6. The van der Waals surface area contributed by atoms with Gasteiger partial charge >= 0.3 is 7.12 Å². The number of rotatable bonds is 2. The zero-order valence-corrected chi connectivity index (χ0v) is 15.6. The van der Waals surface area contributed by atoms with Gasteiger partial charge in [0.25, 0.3) is 0 Å². The van der Waals surface area contributed by atoms with Gasteiger partial charge in [0.15, 0.2) is 0 Å². The van der Waals surface area contributed by atoms with Crippen LogP contribution in [0.2, 0.25) is 0 Å². The quantitative estimate of drug-likeness (QED) is 0.619. The predicted molar refractivity (Wildman–Crippen MR) is 99.6 cm³/mol. The zero-order valence-electron chi connectivity index (χ0n) is 14.8. The molecule has 1 saturated heterocycles. The van der Waals surface area contributed by atoms with Gasteiger partial charge in [-0.05, 0) is 52.2 Å². The number of nitrogens with zero attached hydrogens (tertiary/aromatic N) is 1. The Morgan fingerprint density at radius 1 is 1.17 bits per heavy atom. The molecule has 0 bridgehead atoms. The molecule has 1 atom stereocenters. The molecule has 5 heteroatoms. The molecular weight excluding hydrogens is 317 g/mol. The van der Waals surface area contributed by atoms with Gasteiger partial charge in [0.1, 0.15) is 5.01 Å². The lowest BCUT2D eigenvalue weighted by Gasteiger charge is -2.32. The largest absolute Gasteiger partial charge is 0.494 e. The van der Waals surface area contributed by atoms with E-state index in [1.165, 1.54) is 0 Å². The average molecular weight is 339 g/mol. The highest BCUT2D eigenvalue weighted by Crippen LogP contribution is 2.36. The van der Waals surface area contributed by atoms with Crippen LogP contribution in [0.1, 0.15) is 51.1 Å². The fourth-order valence-corrected chi connectivity index (χ4v) is 3.09. The second-order valence-electron chi connectivity index (χ2n) is 7.08.